The number of aliphatic hydroxyl groups is 1. The number of carbonyl (C=O) groups excluding carboxylic acids is 2. The van der Waals surface area contributed by atoms with Crippen LogP contribution in [0.4, 0.5) is 0 Å². The molecule has 1 saturated heterocycles. The fourth-order valence-electron chi connectivity index (χ4n) is 4.16. The van der Waals surface area contributed by atoms with Gasteiger partial charge in [0.1, 0.15) is 11.8 Å². The van der Waals surface area contributed by atoms with Gasteiger partial charge in [0, 0.05) is 30.2 Å². The zero-order chi connectivity index (χ0) is 19.2. The van der Waals surface area contributed by atoms with Gasteiger partial charge >= 0.3 is 0 Å². The van der Waals surface area contributed by atoms with Crippen LogP contribution in [0.15, 0.2) is 0 Å². The van der Waals surface area contributed by atoms with Gasteiger partial charge in [0.15, 0.2) is 11.5 Å². The maximum absolute atomic E-state index is 12.7. The predicted octanol–water partition coefficient (Wildman–Crippen LogP) is 0.280. The van der Waals surface area contributed by atoms with Crippen molar-refractivity contribution in [2.75, 3.05) is 41.5 Å². The molecule has 0 spiro atoms. The summed E-state index contributed by atoms with van der Waals surface area (Å²) >= 11 is 0. The molecular weight excluding hydrogens is 340 g/mol. The molecule has 26 heavy (non-hydrogen) atoms. The fraction of sp³-hybridized carbons (Fsp3) is 0.556. The van der Waals surface area contributed by atoms with E-state index in [0.29, 0.717) is 29.2 Å². The average molecular weight is 364 g/mol. The summed E-state index contributed by atoms with van der Waals surface area (Å²) < 4.78 is 16.7. The van der Waals surface area contributed by atoms with Crippen molar-refractivity contribution in [3.8, 4) is 17.2 Å². The molecule has 2 aliphatic heterocycles. The largest absolute Gasteiger partial charge is 0.496 e. The average Bonchev–Trinajstić information content (AvgIpc) is 2.63. The number of fused-ring (bicyclic) bond motifs is 2. The van der Waals surface area contributed by atoms with E-state index in [4.69, 9.17) is 14.2 Å². The molecule has 1 aromatic carbocycles. The number of benzene rings is 1. The minimum absolute atomic E-state index is 0.0103. The van der Waals surface area contributed by atoms with Crippen LogP contribution in [0.1, 0.15) is 22.7 Å². The number of aliphatic hydroxyl groups excluding tert-OH is 1. The maximum Gasteiger partial charge on any atom is 0.245 e. The molecule has 0 unspecified atom stereocenters. The van der Waals surface area contributed by atoms with E-state index >= 15 is 0 Å². The van der Waals surface area contributed by atoms with Gasteiger partial charge in [0.25, 0.3) is 0 Å². The quantitative estimate of drug-likeness (QED) is 0.826. The van der Waals surface area contributed by atoms with E-state index < -0.39 is 12.1 Å². The summed E-state index contributed by atoms with van der Waals surface area (Å²) in [5.74, 6) is 1.18. The van der Waals surface area contributed by atoms with Crippen LogP contribution in [-0.4, -0.2) is 74.3 Å². The van der Waals surface area contributed by atoms with Gasteiger partial charge in [-0.3, -0.25) is 9.59 Å². The third-order valence-electron chi connectivity index (χ3n) is 5.24. The minimum atomic E-state index is -0.702. The molecule has 0 radical (unpaired) electrons. The smallest absolute Gasteiger partial charge is 0.245 e. The van der Waals surface area contributed by atoms with Crippen LogP contribution < -0.4 is 14.2 Å². The lowest BCUT2D eigenvalue weighted by molar-refractivity contribution is -0.159. The first-order valence-corrected chi connectivity index (χ1v) is 8.39. The number of amides is 2. The van der Waals surface area contributed by atoms with Gasteiger partial charge in [-0.15, -0.1) is 0 Å². The molecule has 8 nitrogen and oxygen atoms in total. The van der Waals surface area contributed by atoms with Crippen molar-refractivity contribution in [1.82, 2.24) is 9.80 Å². The Balaban J connectivity index is 2.31. The van der Waals surface area contributed by atoms with E-state index in [9.17, 15) is 14.7 Å². The van der Waals surface area contributed by atoms with E-state index in [1.807, 2.05) is 6.92 Å². The van der Waals surface area contributed by atoms with Crippen molar-refractivity contribution in [3.63, 3.8) is 0 Å². The Hall–Kier alpha value is -2.48. The third-order valence-corrected chi connectivity index (χ3v) is 5.24. The van der Waals surface area contributed by atoms with Crippen LogP contribution in [0.3, 0.4) is 0 Å². The Morgan fingerprint density at radius 2 is 1.69 bits per heavy atom. The zero-order valence-electron chi connectivity index (χ0n) is 15.7. The Bertz CT molecular complexity index is 763. The molecule has 1 N–H and O–H groups in total. The highest BCUT2D eigenvalue weighted by Crippen LogP contribution is 2.50. The van der Waals surface area contributed by atoms with E-state index in [2.05, 4.69) is 0 Å². The van der Waals surface area contributed by atoms with Crippen molar-refractivity contribution < 1.29 is 28.9 Å². The molecule has 2 heterocycles. The lowest BCUT2D eigenvalue weighted by atomic mass is 9.83. The van der Waals surface area contributed by atoms with Crippen LogP contribution in [0, 0.1) is 6.92 Å². The van der Waals surface area contributed by atoms with Gasteiger partial charge in [-0.1, -0.05) is 0 Å². The monoisotopic (exact) mass is 364 g/mol. The summed E-state index contributed by atoms with van der Waals surface area (Å²) in [6, 6.07) is -1.37. The molecule has 2 atom stereocenters. The lowest BCUT2D eigenvalue weighted by Gasteiger charge is -2.47. The maximum atomic E-state index is 12.7. The van der Waals surface area contributed by atoms with Crippen LogP contribution >= 0.6 is 0 Å². The van der Waals surface area contributed by atoms with Crippen LogP contribution in [0.2, 0.25) is 0 Å². The number of ether oxygens (including phenoxy) is 3. The second kappa shape index (κ2) is 6.68. The summed E-state index contributed by atoms with van der Waals surface area (Å²) in [7, 11) is 6.20. The van der Waals surface area contributed by atoms with Crippen molar-refractivity contribution in [3.05, 3.63) is 16.7 Å². The number of nitrogens with zero attached hydrogens (tertiary/aromatic N) is 2. The second-order valence-corrected chi connectivity index (χ2v) is 6.53. The van der Waals surface area contributed by atoms with E-state index in [1.165, 1.54) is 24.0 Å². The van der Waals surface area contributed by atoms with Gasteiger partial charge < -0.3 is 29.1 Å². The Labute approximate surface area is 152 Å². The Morgan fingerprint density at radius 1 is 1.08 bits per heavy atom. The predicted molar refractivity (Wildman–Crippen MR) is 92.6 cm³/mol. The molecule has 3 rings (SSSR count). The van der Waals surface area contributed by atoms with Crippen molar-refractivity contribution >= 4 is 11.8 Å². The Kier molecular flexibility index (Phi) is 4.70. The topological polar surface area (TPSA) is 88.5 Å². The molecule has 0 bridgehead atoms. The normalized spacial score (nSPS) is 22.1. The number of likely N-dealkylation sites (N-methyl/N-ethyl adjacent to an activating group) is 1. The van der Waals surface area contributed by atoms with Crippen molar-refractivity contribution in [2.24, 2.45) is 0 Å². The van der Waals surface area contributed by atoms with Crippen LogP contribution in [0.25, 0.3) is 0 Å². The highest BCUT2D eigenvalue weighted by Gasteiger charge is 2.48. The number of carbonyl (C=O) groups is 2. The molecule has 0 saturated carbocycles. The number of hydrogen-bond donors (Lipinski definition) is 1. The van der Waals surface area contributed by atoms with Gasteiger partial charge in [0.05, 0.1) is 40.5 Å². The van der Waals surface area contributed by atoms with Crippen molar-refractivity contribution in [2.45, 2.75) is 25.4 Å². The molecule has 0 aliphatic carbocycles. The highest BCUT2D eigenvalue weighted by atomic mass is 16.5. The molecule has 8 heteroatoms. The van der Waals surface area contributed by atoms with Crippen LogP contribution in [-0.2, 0) is 16.0 Å². The fourth-order valence-corrected chi connectivity index (χ4v) is 4.16. The summed E-state index contributed by atoms with van der Waals surface area (Å²) in [6.07, 6.45) is 0.297. The molecule has 1 aromatic rings. The van der Waals surface area contributed by atoms with E-state index in [1.54, 1.807) is 14.2 Å². The first-order valence-electron chi connectivity index (χ1n) is 8.39. The first-order chi connectivity index (χ1) is 12.4. The van der Waals surface area contributed by atoms with E-state index in [0.717, 1.165) is 11.1 Å². The number of hydrogen-bond acceptors (Lipinski definition) is 6. The summed E-state index contributed by atoms with van der Waals surface area (Å²) in [4.78, 5) is 28.2. The number of methoxy groups -OCH3 is 3. The summed E-state index contributed by atoms with van der Waals surface area (Å²) in [5.41, 5.74) is 2.15. The summed E-state index contributed by atoms with van der Waals surface area (Å²) in [6.45, 7) is 1.50. The molecule has 2 amide bonds. The summed E-state index contributed by atoms with van der Waals surface area (Å²) in [5, 5.41) is 10.1. The van der Waals surface area contributed by atoms with Gasteiger partial charge in [-0.05, 0) is 6.92 Å². The second-order valence-electron chi connectivity index (χ2n) is 6.53. The lowest BCUT2D eigenvalue weighted by Crippen LogP contribution is -2.62. The number of rotatable bonds is 4. The SMILES string of the molecule is COc1c(C)c(OC)c(OC)c2c1C[C@H]1C(=O)N(C)CC(=O)N1[C@H]2CO. The van der Waals surface area contributed by atoms with Crippen LogP contribution in [0.5, 0.6) is 17.2 Å². The molecule has 1 fully saturated rings. The molecule has 142 valence electrons. The zero-order valence-corrected chi connectivity index (χ0v) is 15.7. The standard InChI is InChI=1S/C18H24N2O6/c1-9-15(24-3)10-6-11-18(23)19(2)7-13(22)20(11)12(8-21)14(10)17(26-5)16(9)25-4/h11-12,21H,6-8H2,1-5H3/t11-,12-/m0/s1. The van der Waals surface area contributed by atoms with E-state index in [-0.39, 0.29) is 25.0 Å². The molecule has 2 aliphatic rings. The van der Waals surface area contributed by atoms with Crippen molar-refractivity contribution in [1.29, 1.82) is 0 Å². The Morgan fingerprint density at radius 3 is 2.23 bits per heavy atom. The molecular formula is C18H24N2O6. The van der Waals surface area contributed by atoms with Gasteiger partial charge in [-0.2, -0.15) is 0 Å². The molecule has 0 aromatic heterocycles. The first kappa shape index (κ1) is 18.3. The highest BCUT2D eigenvalue weighted by molar-refractivity contribution is 5.96. The minimum Gasteiger partial charge on any atom is -0.496 e. The van der Waals surface area contributed by atoms with Gasteiger partial charge in [0.2, 0.25) is 11.8 Å². The van der Waals surface area contributed by atoms with Gasteiger partial charge in [-0.25, -0.2) is 0 Å². The number of piperazine rings is 1. The third kappa shape index (κ3) is 2.39.